The third kappa shape index (κ3) is 4.40. The number of aromatic nitrogens is 5. The van der Waals surface area contributed by atoms with Gasteiger partial charge in [0.05, 0.1) is 41.5 Å². The Hall–Kier alpha value is -4.86. The van der Waals surface area contributed by atoms with Crippen LogP contribution in [0.15, 0.2) is 91.8 Å². The molecule has 1 amide bonds. The summed E-state index contributed by atoms with van der Waals surface area (Å²) in [5, 5.41) is 3.72. The van der Waals surface area contributed by atoms with Crippen LogP contribution in [-0.2, 0) is 12.7 Å². The minimum atomic E-state index is -4.61. The Kier molecular flexibility index (Phi) is 5.52. The van der Waals surface area contributed by atoms with E-state index in [-0.39, 0.29) is 11.3 Å². The Morgan fingerprint density at radius 1 is 1.00 bits per heavy atom. The molecule has 0 bridgehead atoms. The molecule has 0 spiro atoms. The smallest absolute Gasteiger partial charge is 0.341 e. The number of aryl methyl sites for hydroxylation is 1. The minimum Gasteiger partial charge on any atom is -0.341 e. The van der Waals surface area contributed by atoms with Gasteiger partial charge in [0.2, 0.25) is 0 Å². The van der Waals surface area contributed by atoms with Crippen molar-refractivity contribution in [2.24, 2.45) is 0 Å². The van der Waals surface area contributed by atoms with Crippen molar-refractivity contribution >= 4 is 28.1 Å². The van der Waals surface area contributed by atoms with Crippen molar-refractivity contribution in [3.63, 3.8) is 0 Å². The maximum atomic E-state index is 13.6. The van der Waals surface area contributed by atoms with E-state index in [2.05, 4.69) is 15.3 Å². The standard InChI is InChI=1S/C28H21F3N6O/c1-18-15-36(17-33-18)23-11-20(10-21(12-23)28(29,30)31)27(38)34-22-6-5-19-7-9-35(25(19)13-22)16-24-14-32-26-4-2-3-8-37(24)26/h2-15,17H,16H2,1H3,(H,34,38). The van der Waals surface area contributed by atoms with E-state index in [1.165, 1.54) is 17.0 Å². The number of pyridine rings is 1. The average molecular weight is 515 g/mol. The zero-order valence-corrected chi connectivity index (χ0v) is 20.1. The van der Waals surface area contributed by atoms with Crippen LogP contribution in [0.2, 0.25) is 0 Å². The van der Waals surface area contributed by atoms with E-state index in [0.717, 1.165) is 34.4 Å². The summed E-state index contributed by atoms with van der Waals surface area (Å²) >= 11 is 0. The van der Waals surface area contributed by atoms with Crippen molar-refractivity contribution in [2.75, 3.05) is 5.32 Å². The molecule has 0 aliphatic heterocycles. The van der Waals surface area contributed by atoms with Gasteiger partial charge in [-0.1, -0.05) is 12.1 Å². The molecule has 0 saturated carbocycles. The van der Waals surface area contributed by atoms with Gasteiger partial charge in [-0.05, 0) is 60.8 Å². The van der Waals surface area contributed by atoms with Gasteiger partial charge in [-0.3, -0.25) is 4.79 Å². The fraction of sp³-hybridized carbons (Fsp3) is 0.107. The molecule has 1 N–H and O–H groups in total. The molecule has 0 radical (unpaired) electrons. The topological polar surface area (TPSA) is 69.2 Å². The minimum absolute atomic E-state index is 0.109. The van der Waals surface area contributed by atoms with Gasteiger partial charge in [0.1, 0.15) is 5.65 Å². The number of hydrogen-bond donors (Lipinski definition) is 1. The summed E-state index contributed by atoms with van der Waals surface area (Å²) in [6, 6.07) is 16.4. The molecule has 0 fully saturated rings. The number of hydrogen-bond acceptors (Lipinski definition) is 3. The zero-order valence-electron chi connectivity index (χ0n) is 20.1. The number of carbonyl (C=O) groups is 1. The van der Waals surface area contributed by atoms with E-state index >= 15 is 0 Å². The molecule has 0 aliphatic rings. The first-order valence-electron chi connectivity index (χ1n) is 11.8. The summed E-state index contributed by atoms with van der Waals surface area (Å²) in [6.45, 7) is 2.28. The summed E-state index contributed by atoms with van der Waals surface area (Å²) in [4.78, 5) is 21.6. The summed E-state index contributed by atoms with van der Waals surface area (Å²) in [5.41, 5.74) is 2.99. The van der Waals surface area contributed by atoms with Gasteiger partial charge in [-0.2, -0.15) is 13.2 Å². The molecule has 0 atom stereocenters. The highest BCUT2D eigenvalue weighted by Crippen LogP contribution is 2.32. The largest absolute Gasteiger partial charge is 0.416 e. The zero-order chi connectivity index (χ0) is 26.4. The molecular formula is C28H21F3N6O. The van der Waals surface area contributed by atoms with Gasteiger partial charge >= 0.3 is 6.18 Å². The van der Waals surface area contributed by atoms with Crippen molar-refractivity contribution in [1.82, 2.24) is 23.5 Å². The number of rotatable bonds is 5. The molecule has 4 heterocycles. The number of nitrogens with zero attached hydrogens (tertiary/aromatic N) is 5. The summed E-state index contributed by atoms with van der Waals surface area (Å²) in [7, 11) is 0. The van der Waals surface area contributed by atoms with Crippen molar-refractivity contribution in [2.45, 2.75) is 19.6 Å². The maximum Gasteiger partial charge on any atom is 0.416 e. The normalized spacial score (nSPS) is 11.9. The highest BCUT2D eigenvalue weighted by molar-refractivity contribution is 6.05. The van der Waals surface area contributed by atoms with Gasteiger partial charge < -0.3 is 18.9 Å². The van der Waals surface area contributed by atoms with Crippen molar-refractivity contribution in [1.29, 1.82) is 0 Å². The van der Waals surface area contributed by atoms with E-state index < -0.39 is 17.6 Å². The SMILES string of the molecule is Cc1cn(-c2cc(C(=O)Nc3ccc4ccn(Cc5cnc6ccccn56)c4c3)cc(C(F)(F)F)c2)cn1. The van der Waals surface area contributed by atoms with Crippen LogP contribution in [0.3, 0.4) is 0 Å². The Labute approximate surface area is 214 Å². The lowest BCUT2D eigenvalue weighted by atomic mass is 10.1. The van der Waals surface area contributed by atoms with Crippen molar-refractivity contribution in [3.8, 4) is 5.69 Å². The van der Waals surface area contributed by atoms with Crippen LogP contribution >= 0.6 is 0 Å². The van der Waals surface area contributed by atoms with Crippen LogP contribution in [0.25, 0.3) is 22.2 Å². The molecule has 190 valence electrons. The molecule has 0 aliphatic carbocycles. The van der Waals surface area contributed by atoms with Gasteiger partial charge in [0.15, 0.2) is 0 Å². The number of amides is 1. The Morgan fingerprint density at radius 3 is 2.66 bits per heavy atom. The van der Waals surface area contributed by atoms with Crippen molar-refractivity contribution in [3.05, 3.63) is 114 Å². The van der Waals surface area contributed by atoms with E-state index in [9.17, 15) is 18.0 Å². The fourth-order valence-electron chi connectivity index (χ4n) is 4.50. The lowest BCUT2D eigenvalue weighted by molar-refractivity contribution is -0.137. The van der Waals surface area contributed by atoms with Gasteiger partial charge in [0, 0.05) is 35.5 Å². The van der Waals surface area contributed by atoms with E-state index in [4.69, 9.17) is 0 Å². The van der Waals surface area contributed by atoms with Crippen molar-refractivity contribution < 1.29 is 18.0 Å². The third-order valence-corrected chi connectivity index (χ3v) is 6.37. The fourth-order valence-corrected chi connectivity index (χ4v) is 4.50. The summed E-state index contributed by atoms with van der Waals surface area (Å²) in [6.07, 6.45) is 4.12. The lowest BCUT2D eigenvalue weighted by Gasteiger charge is -2.13. The molecular weight excluding hydrogens is 493 g/mol. The second-order valence-electron chi connectivity index (χ2n) is 9.04. The molecule has 38 heavy (non-hydrogen) atoms. The molecule has 4 aromatic heterocycles. The number of fused-ring (bicyclic) bond motifs is 2. The summed E-state index contributed by atoms with van der Waals surface area (Å²) < 4.78 is 46.4. The molecule has 0 unspecified atom stereocenters. The first-order chi connectivity index (χ1) is 18.2. The number of imidazole rings is 2. The predicted molar refractivity (Wildman–Crippen MR) is 137 cm³/mol. The average Bonchev–Trinajstić information content (AvgIpc) is 3.62. The van der Waals surface area contributed by atoms with Gasteiger partial charge in [-0.25, -0.2) is 9.97 Å². The number of carbonyl (C=O) groups excluding carboxylic acids is 1. The molecule has 10 heteroatoms. The van der Waals surface area contributed by atoms with Crippen LogP contribution in [-0.4, -0.2) is 29.4 Å². The number of halogens is 3. The Morgan fingerprint density at radius 2 is 1.87 bits per heavy atom. The molecule has 6 rings (SSSR count). The lowest BCUT2D eigenvalue weighted by Crippen LogP contribution is -2.15. The summed E-state index contributed by atoms with van der Waals surface area (Å²) in [5.74, 6) is -0.645. The van der Waals surface area contributed by atoms with E-state index in [0.29, 0.717) is 17.9 Å². The van der Waals surface area contributed by atoms with E-state index in [1.54, 1.807) is 19.2 Å². The number of alkyl halides is 3. The maximum absolute atomic E-state index is 13.6. The second-order valence-corrected chi connectivity index (χ2v) is 9.04. The molecule has 2 aromatic carbocycles. The monoisotopic (exact) mass is 514 g/mol. The number of nitrogens with one attached hydrogen (secondary N) is 1. The molecule has 7 nitrogen and oxygen atoms in total. The predicted octanol–water partition coefficient (Wildman–Crippen LogP) is 6.10. The quantitative estimate of drug-likeness (QED) is 0.302. The van der Waals surface area contributed by atoms with Gasteiger partial charge in [-0.15, -0.1) is 0 Å². The highest BCUT2D eigenvalue weighted by atomic mass is 19.4. The Bertz CT molecular complexity index is 1810. The van der Waals surface area contributed by atoms with Crippen LogP contribution in [0.4, 0.5) is 18.9 Å². The number of anilines is 1. The first kappa shape index (κ1) is 23.5. The second kappa shape index (κ2) is 8.91. The third-order valence-electron chi connectivity index (χ3n) is 6.37. The number of benzene rings is 2. The first-order valence-corrected chi connectivity index (χ1v) is 11.8. The van der Waals surface area contributed by atoms with Crippen LogP contribution in [0.1, 0.15) is 27.3 Å². The van der Waals surface area contributed by atoms with Crippen LogP contribution < -0.4 is 5.32 Å². The highest BCUT2D eigenvalue weighted by Gasteiger charge is 2.32. The molecule has 6 aromatic rings. The molecule has 0 saturated heterocycles. The van der Waals surface area contributed by atoms with Gasteiger partial charge in [0.25, 0.3) is 5.91 Å². The van der Waals surface area contributed by atoms with Crippen LogP contribution in [0.5, 0.6) is 0 Å². The van der Waals surface area contributed by atoms with Crippen LogP contribution in [0, 0.1) is 6.92 Å². The van der Waals surface area contributed by atoms with E-state index in [1.807, 2.05) is 64.0 Å². The Balaban J connectivity index is 1.31.